The molecule has 1 aliphatic rings. The summed E-state index contributed by atoms with van der Waals surface area (Å²) in [7, 11) is 1.63. The van der Waals surface area contributed by atoms with Crippen LogP contribution in [0.3, 0.4) is 0 Å². The lowest BCUT2D eigenvalue weighted by Crippen LogP contribution is -2.38. The minimum absolute atomic E-state index is 0.0730. The molecule has 0 unspecified atom stereocenters. The van der Waals surface area contributed by atoms with Crippen LogP contribution in [0.25, 0.3) is 0 Å². The molecule has 148 valence electrons. The monoisotopic (exact) mass is 373 g/mol. The van der Waals surface area contributed by atoms with Gasteiger partial charge in [-0.05, 0) is 43.9 Å². The number of hydrogen-bond donors (Lipinski definition) is 3. The first kappa shape index (κ1) is 20.7. The molecule has 0 saturated carbocycles. The van der Waals surface area contributed by atoms with E-state index in [9.17, 15) is 9.59 Å². The first-order chi connectivity index (χ1) is 13.1. The van der Waals surface area contributed by atoms with Gasteiger partial charge in [0.2, 0.25) is 5.91 Å². The molecule has 0 atom stereocenters. The molecule has 7 nitrogen and oxygen atoms in total. The van der Waals surface area contributed by atoms with Gasteiger partial charge in [-0.15, -0.1) is 0 Å². The van der Waals surface area contributed by atoms with E-state index in [1.165, 1.54) is 0 Å². The summed E-state index contributed by atoms with van der Waals surface area (Å²) >= 11 is 0. The molecule has 2 amide bonds. The topological polar surface area (TPSA) is 85.8 Å². The highest BCUT2D eigenvalue weighted by Crippen LogP contribution is 2.09. The Hall–Kier alpha value is -2.57. The molecule has 2 rings (SSSR count). The maximum absolute atomic E-state index is 11.7. The zero-order valence-electron chi connectivity index (χ0n) is 16.4. The molecule has 1 saturated heterocycles. The van der Waals surface area contributed by atoms with Gasteiger partial charge in [-0.25, -0.2) is 0 Å². The van der Waals surface area contributed by atoms with Crippen molar-refractivity contribution in [1.29, 1.82) is 0 Å². The number of hydrogen-bond acceptors (Lipinski definition) is 3. The van der Waals surface area contributed by atoms with Gasteiger partial charge in [-0.3, -0.25) is 14.6 Å². The summed E-state index contributed by atoms with van der Waals surface area (Å²) < 4.78 is 0. The number of nitrogens with zero attached hydrogens (tertiary/aromatic N) is 2. The number of carbonyl (C=O) groups excluding carboxylic acids is 2. The van der Waals surface area contributed by atoms with Crippen molar-refractivity contribution < 1.29 is 9.59 Å². The first-order valence-electron chi connectivity index (χ1n) is 9.75. The number of amides is 2. The van der Waals surface area contributed by atoms with Crippen LogP contribution in [-0.4, -0.2) is 62.4 Å². The van der Waals surface area contributed by atoms with Crippen molar-refractivity contribution in [2.75, 3.05) is 39.8 Å². The maximum Gasteiger partial charge on any atom is 0.251 e. The molecular weight excluding hydrogens is 342 g/mol. The number of guanidine groups is 1. The van der Waals surface area contributed by atoms with Crippen molar-refractivity contribution in [3.8, 4) is 0 Å². The molecule has 1 fully saturated rings. The third kappa shape index (κ3) is 6.92. The molecule has 1 aromatic carbocycles. The lowest BCUT2D eigenvalue weighted by molar-refractivity contribution is -0.127. The molecule has 0 aliphatic carbocycles. The van der Waals surface area contributed by atoms with Gasteiger partial charge >= 0.3 is 0 Å². The summed E-state index contributed by atoms with van der Waals surface area (Å²) in [5.74, 6) is 0.979. The van der Waals surface area contributed by atoms with Gasteiger partial charge in [0.1, 0.15) is 0 Å². The van der Waals surface area contributed by atoms with Gasteiger partial charge in [0.05, 0.1) is 0 Å². The van der Waals surface area contributed by atoms with Crippen molar-refractivity contribution >= 4 is 17.8 Å². The third-order valence-corrected chi connectivity index (χ3v) is 4.49. The summed E-state index contributed by atoms with van der Waals surface area (Å²) in [6.07, 6.45) is 3.34. The highest BCUT2D eigenvalue weighted by atomic mass is 16.2. The van der Waals surface area contributed by atoms with Crippen LogP contribution in [0.4, 0.5) is 0 Å². The van der Waals surface area contributed by atoms with E-state index in [0.717, 1.165) is 57.0 Å². The fraction of sp³-hybridized carbons (Fsp3) is 0.550. The number of aliphatic imine (C=N–C) groups is 1. The van der Waals surface area contributed by atoms with E-state index >= 15 is 0 Å². The fourth-order valence-electron chi connectivity index (χ4n) is 3.07. The normalized spacial score (nSPS) is 14.4. The average molecular weight is 374 g/mol. The van der Waals surface area contributed by atoms with Gasteiger partial charge in [0.25, 0.3) is 5.91 Å². The molecule has 0 aromatic heterocycles. The van der Waals surface area contributed by atoms with Gasteiger partial charge in [0.15, 0.2) is 5.96 Å². The van der Waals surface area contributed by atoms with Crippen molar-refractivity contribution in [2.45, 2.75) is 32.6 Å². The van der Waals surface area contributed by atoms with E-state index in [0.29, 0.717) is 18.5 Å². The Morgan fingerprint density at radius 3 is 2.85 bits per heavy atom. The van der Waals surface area contributed by atoms with Gasteiger partial charge in [0, 0.05) is 51.8 Å². The van der Waals surface area contributed by atoms with E-state index in [-0.39, 0.29) is 11.8 Å². The first-order valence-corrected chi connectivity index (χ1v) is 9.75. The van der Waals surface area contributed by atoms with Gasteiger partial charge < -0.3 is 20.9 Å². The number of likely N-dealkylation sites (tertiary alicyclic amines) is 1. The SMILES string of the molecule is CCNC(=NCCCN1CCCC1=O)NCCc1cccc(C(=O)NC)c1. The van der Waals surface area contributed by atoms with E-state index < -0.39 is 0 Å². The molecule has 7 heteroatoms. The van der Waals surface area contributed by atoms with Crippen molar-refractivity contribution in [3.05, 3.63) is 35.4 Å². The quantitative estimate of drug-likeness (QED) is 0.344. The number of nitrogens with one attached hydrogen (secondary N) is 3. The third-order valence-electron chi connectivity index (χ3n) is 4.49. The minimum atomic E-state index is -0.0730. The smallest absolute Gasteiger partial charge is 0.251 e. The van der Waals surface area contributed by atoms with E-state index in [1.54, 1.807) is 7.05 Å². The fourth-order valence-corrected chi connectivity index (χ4v) is 3.07. The molecular formula is C20H31N5O2. The van der Waals surface area contributed by atoms with E-state index in [1.807, 2.05) is 36.1 Å². The van der Waals surface area contributed by atoms with Gasteiger partial charge in [-0.1, -0.05) is 12.1 Å². The predicted octanol–water partition coefficient (Wildman–Crippen LogP) is 1.16. The van der Waals surface area contributed by atoms with Crippen LogP contribution < -0.4 is 16.0 Å². The Balaban J connectivity index is 1.76. The van der Waals surface area contributed by atoms with Crippen molar-refractivity contribution in [1.82, 2.24) is 20.9 Å². The second-order valence-corrected chi connectivity index (χ2v) is 6.55. The van der Waals surface area contributed by atoms with Gasteiger partial charge in [-0.2, -0.15) is 0 Å². The highest BCUT2D eigenvalue weighted by molar-refractivity contribution is 5.94. The Bertz CT molecular complexity index is 660. The number of rotatable bonds is 9. The number of carbonyl (C=O) groups is 2. The van der Waals surface area contributed by atoms with Crippen LogP contribution in [-0.2, 0) is 11.2 Å². The van der Waals surface area contributed by atoms with Crippen molar-refractivity contribution in [2.24, 2.45) is 4.99 Å². The Morgan fingerprint density at radius 1 is 1.30 bits per heavy atom. The zero-order valence-corrected chi connectivity index (χ0v) is 16.4. The molecule has 3 N–H and O–H groups in total. The van der Waals surface area contributed by atoms with Crippen LogP contribution in [0, 0.1) is 0 Å². The maximum atomic E-state index is 11.7. The van der Waals surface area contributed by atoms with E-state index in [4.69, 9.17) is 0 Å². The lowest BCUT2D eigenvalue weighted by Gasteiger charge is -2.15. The summed E-state index contributed by atoms with van der Waals surface area (Å²) in [6.45, 7) is 5.92. The molecule has 1 aromatic rings. The molecule has 0 bridgehead atoms. The molecule has 1 aliphatic heterocycles. The summed E-state index contributed by atoms with van der Waals surface area (Å²) in [5, 5.41) is 9.21. The second kappa shape index (κ2) is 11.2. The second-order valence-electron chi connectivity index (χ2n) is 6.55. The largest absolute Gasteiger partial charge is 0.357 e. The average Bonchev–Trinajstić information content (AvgIpc) is 3.09. The molecule has 0 radical (unpaired) electrons. The summed E-state index contributed by atoms with van der Waals surface area (Å²) in [4.78, 5) is 29.8. The molecule has 27 heavy (non-hydrogen) atoms. The zero-order chi connectivity index (χ0) is 19.5. The van der Waals surface area contributed by atoms with E-state index in [2.05, 4.69) is 20.9 Å². The minimum Gasteiger partial charge on any atom is -0.357 e. The highest BCUT2D eigenvalue weighted by Gasteiger charge is 2.18. The van der Waals surface area contributed by atoms with Crippen LogP contribution in [0.1, 0.15) is 42.1 Å². The Morgan fingerprint density at radius 2 is 2.15 bits per heavy atom. The predicted molar refractivity (Wildman–Crippen MR) is 108 cm³/mol. The Labute approximate surface area is 161 Å². The lowest BCUT2D eigenvalue weighted by atomic mass is 10.1. The standard InChI is InChI=1S/C20H31N5O2/c1-3-22-20(23-11-6-14-25-13-5-9-18(25)26)24-12-10-16-7-4-8-17(15-16)19(27)21-2/h4,7-8,15H,3,5-6,9-14H2,1-2H3,(H,21,27)(H2,22,23,24). The number of benzene rings is 1. The van der Waals surface area contributed by atoms with Crippen LogP contribution in [0.2, 0.25) is 0 Å². The molecule has 1 heterocycles. The van der Waals surface area contributed by atoms with Crippen molar-refractivity contribution in [3.63, 3.8) is 0 Å². The molecule has 0 spiro atoms. The van der Waals surface area contributed by atoms with Crippen LogP contribution in [0.15, 0.2) is 29.3 Å². The van der Waals surface area contributed by atoms with Crippen LogP contribution >= 0.6 is 0 Å². The Kier molecular flexibility index (Phi) is 8.61. The van der Waals surface area contributed by atoms with Crippen LogP contribution in [0.5, 0.6) is 0 Å². The summed E-state index contributed by atoms with van der Waals surface area (Å²) in [5.41, 5.74) is 1.78. The summed E-state index contributed by atoms with van der Waals surface area (Å²) in [6, 6.07) is 7.65.